The van der Waals surface area contributed by atoms with Crippen LogP contribution in [0.5, 0.6) is 0 Å². The number of fused-ring (bicyclic) bond motifs is 3. The SMILES string of the molecule is CO[C@H]1CCC[C@@H](C[C@@H](C)[C@@H]2CC(=O)[C@H](C)/C=C(\C)[C@@H](O)[C@@H](OC)C(=O)[C@H](C)C[C@H](C)/C=C/C=C/C=C(\C)[C@@H](OC)C[C@@H]3CC[C@@H](C)[C@@](O)(O3)C(=O)C(=O)N3CCCCC3C(=O)O2)C1. The Labute approximate surface area is 382 Å². The van der Waals surface area contributed by atoms with Crippen molar-refractivity contribution in [2.45, 2.75) is 180 Å². The third-order valence-corrected chi connectivity index (χ3v) is 14.4. The van der Waals surface area contributed by atoms with Gasteiger partial charge in [0.25, 0.3) is 11.7 Å². The number of nitrogens with zero attached hydrogens (tertiary/aromatic N) is 1. The first-order valence-electron chi connectivity index (χ1n) is 23.8. The van der Waals surface area contributed by atoms with Crippen molar-refractivity contribution in [2.24, 2.45) is 35.5 Å². The zero-order valence-corrected chi connectivity index (χ0v) is 40.3. The molecule has 2 bridgehead atoms. The van der Waals surface area contributed by atoms with Gasteiger partial charge in [0.1, 0.15) is 30.1 Å². The van der Waals surface area contributed by atoms with E-state index in [0.717, 1.165) is 31.3 Å². The smallest absolute Gasteiger partial charge is 0.329 e. The van der Waals surface area contributed by atoms with Crippen LogP contribution in [0.25, 0.3) is 0 Å². The minimum absolute atomic E-state index is 0.0317. The molecular formula is C51H79NO12. The number of hydrogen-bond acceptors (Lipinski definition) is 12. The minimum Gasteiger partial charge on any atom is -0.460 e. The molecular weight excluding hydrogens is 819 g/mol. The molecule has 1 unspecified atom stereocenters. The zero-order chi connectivity index (χ0) is 47.3. The zero-order valence-electron chi connectivity index (χ0n) is 40.3. The Morgan fingerprint density at radius 1 is 0.844 bits per heavy atom. The summed E-state index contributed by atoms with van der Waals surface area (Å²) < 4.78 is 29.6. The van der Waals surface area contributed by atoms with Crippen LogP contribution in [-0.2, 0) is 47.7 Å². The number of amides is 1. The Morgan fingerprint density at radius 2 is 1.58 bits per heavy atom. The van der Waals surface area contributed by atoms with Gasteiger partial charge in [-0.1, -0.05) is 83.9 Å². The van der Waals surface area contributed by atoms with E-state index in [1.165, 1.54) is 12.0 Å². The van der Waals surface area contributed by atoms with E-state index in [1.807, 2.05) is 58.1 Å². The summed E-state index contributed by atoms with van der Waals surface area (Å²) in [5.74, 6) is -7.45. The van der Waals surface area contributed by atoms with Crippen LogP contribution in [0, 0.1) is 35.5 Å². The molecule has 4 rings (SSSR count). The molecule has 0 radical (unpaired) electrons. The predicted molar refractivity (Wildman–Crippen MR) is 244 cm³/mol. The van der Waals surface area contributed by atoms with E-state index in [1.54, 1.807) is 41.1 Å². The molecule has 360 valence electrons. The Morgan fingerprint density at radius 3 is 2.27 bits per heavy atom. The van der Waals surface area contributed by atoms with Crippen LogP contribution in [0.2, 0.25) is 0 Å². The number of hydrogen-bond donors (Lipinski definition) is 2. The molecule has 3 aliphatic heterocycles. The second-order valence-electron chi connectivity index (χ2n) is 19.5. The average Bonchev–Trinajstić information content (AvgIpc) is 3.27. The maximum absolute atomic E-state index is 14.4. The second-order valence-corrected chi connectivity index (χ2v) is 19.5. The molecule has 2 saturated heterocycles. The number of allylic oxidation sites excluding steroid dienone is 6. The van der Waals surface area contributed by atoms with Crippen molar-refractivity contribution in [1.82, 2.24) is 4.90 Å². The molecule has 14 atom stereocenters. The van der Waals surface area contributed by atoms with Crippen LogP contribution in [0.15, 0.2) is 47.6 Å². The number of rotatable bonds is 6. The molecule has 13 nitrogen and oxygen atoms in total. The van der Waals surface area contributed by atoms with Crippen molar-refractivity contribution in [2.75, 3.05) is 27.9 Å². The average molecular weight is 898 g/mol. The largest absolute Gasteiger partial charge is 0.460 e. The summed E-state index contributed by atoms with van der Waals surface area (Å²) in [7, 11) is 4.69. The van der Waals surface area contributed by atoms with Gasteiger partial charge in [0.15, 0.2) is 5.78 Å². The summed E-state index contributed by atoms with van der Waals surface area (Å²) in [6.07, 6.45) is 14.7. The van der Waals surface area contributed by atoms with E-state index in [-0.39, 0.29) is 48.9 Å². The Bertz CT molecular complexity index is 1720. The normalized spacial score (nSPS) is 39.7. The molecule has 1 saturated carbocycles. The van der Waals surface area contributed by atoms with Crippen molar-refractivity contribution >= 4 is 29.2 Å². The monoisotopic (exact) mass is 898 g/mol. The number of Topliss-reactive ketones (excluding diaryl/α,β-unsaturated/α-hetero) is 3. The van der Waals surface area contributed by atoms with Crippen LogP contribution in [0.4, 0.5) is 0 Å². The lowest BCUT2D eigenvalue weighted by molar-refractivity contribution is -0.265. The lowest BCUT2D eigenvalue weighted by Gasteiger charge is -2.42. The quantitative estimate of drug-likeness (QED) is 0.156. The highest BCUT2D eigenvalue weighted by atomic mass is 16.6. The first kappa shape index (κ1) is 53.3. The molecule has 1 amide bonds. The predicted octanol–water partition coefficient (Wildman–Crippen LogP) is 7.21. The van der Waals surface area contributed by atoms with Crippen LogP contribution in [-0.4, -0.2) is 121 Å². The lowest BCUT2D eigenvalue weighted by Crippen LogP contribution is -2.61. The number of piperidine rings is 1. The van der Waals surface area contributed by atoms with Crippen molar-refractivity contribution in [3.63, 3.8) is 0 Å². The van der Waals surface area contributed by atoms with Gasteiger partial charge in [-0.3, -0.25) is 19.2 Å². The van der Waals surface area contributed by atoms with Gasteiger partial charge < -0.3 is 38.8 Å². The van der Waals surface area contributed by atoms with Crippen molar-refractivity contribution in [1.29, 1.82) is 0 Å². The van der Waals surface area contributed by atoms with E-state index < -0.39 is 77.8 Å². The molecule has 4 aliphatic rings. The lowest BCUT2D eigenvalue weighted by atomic mass is 9.79. The molecule has 0 aromatic carbocycles. The molecule has 1 aliphatic carbocycles. The van der Waals surface area contributed by atoms with Gasteiger partial charge in [0.2, 0.25) is 5.79 Å². The van der Waals surface area contributed by atoms with Gasteiger partial charge in [-0.2, -0.15) is 0 Å². The topological polar surface area (TPSA) is 175 Å². The number of cyclic esters (lactones) is 1. The molecule has 2 N–H and O–H groups in total. The Balaban J connectivity index is 1.70. The third-order valence-electron chi connectivity index (χ3n) is 14.4. The fourth-order valence-corrected chi connectivity index (χ4v) is 10.1. The molecule has 3 heterocycles. The van der Waals surface area contributed by atoms with Crippen molar-refractivity contribution < 1.29 is 57.9 Å². The highest BCUT2D eigenvalue weighted by Gasteiger charge is 2.53. The number of ether oxygens (including phenoxy) is 5. The third kappa shape index (κ3) is 14.1. The van der Waals surface area contributed by atoms with Gasteiger partial charge in [0.05, 0.1) is 18.3 Å². The number of carbonyl (C=O) groups excluding carboxylic acids is 5. The fourth-order valence-electron chi connectivity index (χ4n) is 10.1. The number of aliphatic hydroxyl groups excluding tert-OH is 1. The van der Waals surface area contributed by atoms with Crippen molar-refractivity contribution in [3.05, 3.63) is 47.6 Å². The molecule has 0 aromatic heterocycles. The fraction of sp³-hybridized carbons (Fsp3) is 0.745. The molecule has 0 aromatic rings. The van der Waals surface area contributed by atoms with E-state index in [2.05, 4.69) is 0 Å². The standard InChI is InChI=1S/C51H79NO12/c1-31-17-12-11-13-18-32(2)43(61-9)29-40-23-22-37(7)51(59,64-40)48(56)49(57)52-24-15-14-21-41(52)50(58)63-44(34(4)27-38-19-16-20-39(28-38)60-8)30-42(53)33(3)26-36(6)46(55)47(62-10)45(54)35(5)25-31/h11-13,17-18,26,31,33-35,37-41,43-44,46-47,55,59H,14-16,19-25,27-30H2,1-10H3/b13-11+,17-12+,32-18+,36-26+/t31-,33-,34-,35-,37-,38+,39+,40+,41?,43+,44+,46-,47+,51-/m1/s1. The van der Waals surface area contributed by atoms with E-state index in [0.29, 0.717) is 56.4 Å². The van der Waals surface area contributed by atoms with Gasteiger partial charge in [0, 0.05) is 58.5 Å². The van der Waals surface area contributed by atoms with Crippen LogP contribution >= 0.6 is 0 Å². The summed E-state index contributed by atoms with van der Waals surface area (Å²) in [4.78, 5) is 71.8. The maximum atomic E-state index is 14.4. The second kappa shape index (κ2) is 25.0. The first-order valence-corrected chi connectivity index (χ1v) is 23.8. The number of carbonyl (C=O) groups is 5. The highest BCUT2D eigenvalue weighted by molar-refractivity contribution is 6.39. The van der Waals surface area contributed by atoms with Crippen molar-refractivity contribution in [3.8, 4) is 0 Å². The molecule has 13 heteroatoms. The van der Waals surface area contributed by atoms with Gasteiger partial charge in [-0.15, -0.1) is 0 Å². The van der Waals surface area contributed by atoms with Gasteiger partial charge in [-0.25, -0.2) is 4.79 Å². The maximum Gasteiger partial charge on any atom is 0.329 e. The van der Waals surface area contributed by atoms with E-state index >= 15 is 0 Å². The van der Waals surface area contributed by atoms with Crippen LogP contribution in [0.3, 0.4) is 0 Å². The first-order chi connectivity index (χ1) is 30.3. The van der Waals surface area contributed by atoms with Crippen LogP contribution < -0.4 is 0 Å². The summed E-state index contributed by atoms with van der Waals surface area (Å²) in [5.41, 5.74) is 1.30. The highest BCUT2D eigenvalue weighted by Crippen LogP contribution is 2.37. The Hall–Kier alpha value is -3.33. The summed E-state index contributed by atoms with van der Waals surface area (Å²) in [5, 5.41) is 23.4. The molecule has 3 fully saturated rings. The van der Waals surface area contributed by atoms with Gasteiger partial charge >= 0.3 is 5.97 Å². The number of ketones is 3. The molecule has 0 spiro atoms. The number of aliphatic hydroxyl groups is 2. The van der Waals surface area contributed by atoms with E-state index in [4.69, 9.17) is 23.7 Å². The number of methoxy groups -OCH3 is 3. The van der Waals surface area contributed by atoms with Gasteiger partial charge in [-0.05, 0) is 101 Å². The Kier molecular flexibility index (Phi) is 20.8. The summed E-state index contributed by atoms with van der Waals surface area (Å²) >= 11 is 0. The number of esters is 1. The molecule has 64 heavy (non-hydrogen) atoms. The van der Waals surface area contributed by atoms with E-state index in [9.17, 15) is 34.2 Å². The summed E-state index contributed by atoms with van der Waals surface area (Å²) in [6.45, 7) is 12.9. The minimum atomic E-state index is -2.41. The van der Waals surface area contributed by atoms with Crippen LogP contribution in [0.1, 0.15) is 132 Å². The summed E-state index contributed by atoms with van der Waals surface area (Å²) in [6, 6.07) is -1.10.